The molecule has 1 aliphatic heterocycles. The Hall–Kier alpha value is -2.37. The standard InChI is InChI=1S/C15H18N4O2/c20-15(12-21-14-4-2-1-3-5-14)18-9-6-13(7-10-18)19-11-8-16-17-19/h1-5,8,11,13H,6-7,9-10,12H2. The molecule has 2 heterocycles. The fourth-order valence-electron chi connectivity index (χ4n) is 2.55. The molecule has 110 valence electrons. The molecule has 1 aliphatic rings. The molecular formula is C15H18N4O2. The second-order valence-corrected chi connectivity index (χ2v) is 5.10. The van der Waals surface area contributed by atoms with Gasteiger partial charge in [-0.1, -0.05) is 23.4 Å². The molecule has 3 rings (SSSR count). The molecule has 0 spiro atoms. The summed E-state index contributed by atoms with van der Waals surface area (Å²) < 4.78 is 7.38. The van der Waals surface area contributed by atoms with E-state index in [1.165, 1.54) is 0 Å². The number of likely N-dealkylation sites (tertiary alicyclic amines) is 1. The first-order chi connectivity index (χ1) is 10.3. The number of hydrogen-bond acceptors (Lipinski definition) is 4. The molecule has 1 fully saturated rings. The second kappa shape index (κ2) is 6.39. The van der Waals surface area contributed by atoms with Gasteiger partial charge < -0.3 is 9.64 Å². The van der Waals surface area contributed by atoms with Crippen LogP contribution < -0.4 is 4.74 Å². The Balaban J connectivity index is 1.47. The zero-order chi connectivity index (χ0) is 14.5. The van der Waals surface area contributed by atoms with Crippen molar-refractivity contribution in [2.24, 2.45) is 0 Å². The van der Waals surface area contributed by atoms with Gasteiger partial charge in [-0.3, -0.25) is 4.79 Å². The van der Waals surface area contributed by atoms with Gasteiger partial charge in [0.2, 0.25) is 0 Å². The van der Waals surface area contributed by atoms with Crippen LogP contribution in [-0.2, 0) is 4.79 Å². The van der Waals surface area contributed by atoms with Crippen molar-refractivity contribution < 1.29 is 9.53 Å². The molecule has 0 unspecified atom stereocenters. The number of rotatable bonds is 4. The molecule has 0 radical (unpaired) electrons. The summed E-state index contributed by atoms with van der Waals surface area (Å²) in [5.74, 6) is 0.763. The Morgan fingerprint density at radius 3 is 2.67 bits per heavy atom. The third-order valence-corrected chi connectivity index (χ3v) is 3.74. The molecule has 2 aromatic rings. The molecule has 0 N–H and O–H groups in total. The normalized spacial score (nSPS) is 15.9. The number of carbonyl (C=O) groups excluding carboxylic acids is 1. The van der Waals surface area contributed by atoms with Crippen molar-refractivity contribution in [1.82, 2.24) is 19.9 Å². The molecule has 0 atom stereocenters. The van der Waals surface area contributed by atoms with Gasteiger partial charge in [0.1, 0.15) is 5.75 Å². The third-order valence-electron chi connectivity index (χ3n) is 3.74. The summed E-state index contributed by atoms with van der Waals surface area (Å²) in [6, 6.07) is 9.75. The van der Waals surface area contributed by atoms with Gasteiger partial charge in [-0.2, -0.15) is 0 Å². The van der Waals surface area contributed by atoms with Crippen molar-refractivity contribution in [3.05, 3.63) is 42.7 Å². The van der Waals surface area contributed by atoms with E-state index in [-0.39, 0.29) is 12.5 Å². The highest BCUT2D eigenvalue weighted by molar-refractivity contribution is 5.77. The topological polar surface area (TPSA) is 60.2 Å². The number of nitrogens with zero attached hydrogens (tertiary/aromatic N) is 4. The minimum absolute atomic E-state index is 0.0379. The predicted octanol–water partition coefficient (Wildman–Crippen LogP) is 1.52. The molecule has 6 heteroatoms. The van der Waals surface area contributed by atoms with Gasteiger partial charge in [0.25, 0.3) is 5.91 Å². The lowest BCUT2D eigenvalue weighted by atomic mass is 10.1. The van der Waals surface area contributed by atoms with Crippen LogP contribution in [0, 0.1) is 0 Å². The highest BCUT2D eigenvalue weighted by atomic mass is 16.5. The summed E-state index contributed by atoms with van der Waals surface area (Å²) in [4.78, 5) is 14.0. The zero-order valence-corrected chi connectivity index (χ0v) is 11.8. The maximum atomic E-state index is 12.1. The van der Waals surface area contributed by atoms with Crippen LogP contribution in [0.5, 0.6) is 5.75 Å². The van der Waals surface area contributed by atoms with E-state index in [4.69, 9.17) is 4.74 Å². The summed E-state index contributed by atoms with van der Waals surface area (Å²) in [6.07, 6.45) is 5.37. The molecular weight excluding hydrogens is 268 g/mol. The van der Waals surface area contributed by atoms with Gasteiger partial charge in [0, 0.05) is 19.3 Å². The number of aromatic nitrogens is 3. The van der Waals surface area contributed by atoms with Gasteiger partial charge in [0.15, 0.2) is 6.61 Å². The van der Waals surface area contributed by atoms with Gasteiger partial charge in [-0.25, -0.2) is 4.68 Å². The number of benzene rings is 1. The number of amides is 1. The number of hydrogen-bond donors (Lipinski definition) is 0. The van der Waals surface area contributed by atoms with Gasteiger partial charge in [-0.15, -0.1) is 5.10 Å². The molecule has 1 aromatic carbocycles. The first-order valence-corrected chi connectivity index (χ1v) is 7.14. The third kappa shape index (κ3) is 3.39. The van der Waals surface area contributed by atoms with E-state index < -0.39 is 0 Å². The van der Waals surface area contributed by atoms with Crippen molar-refractivity contribution in [3.63, 3.8) is 0 Å². The second-order valence-electron chi connectivity index (χ2n) is 5.10. The quantitative estimate of drug-likeness (QED) is 0.855. The molecule has 1 saturated heterocycles. The maximum absolute atomic E-state index is 12.1. The van der Waals surface area contributed by atoms with Crippen LogP contribution in [0.2, 0.25) is 0 Å². The fraction of sp³-hybridized carbons (Fsp3) is 0.400. The van der Waals surface area contributed by atoms with E-state index in [1.54, 1.807) is 6.20 Å². The number of ether oxygens (including phenoxy) is 1. The lowest BCUT2D eigenvalue weighted by Gasteiger charge is -2.31. The Morgan fingerprint density at radius 1 is 1.24 bits per heavy atom. The van der Waals surface area contributed by atoms with Gasteiger partial charge in [0.05, 0.1) is 12.2 Å². The summed E-state index contributed by atoms with van der Waals surface area (Å²) in [7, 11) is 0. The highest BCUT2D eigenvalue weighted by Gasteiger charge is 2.24. The van der Waals surface area contributed by atoms with E-state index in [2.05, 4.69) is 10.3 Å². The minimum atomic E-state index is 0.0379. The fourth-order valence-corrected chi connectivity index (χ4v) is 2.55. The summed E-state index contributed by atoms with van der Waals surface area (Å²) in [5, 5.41) is 7.85. The largest absolute Gasteiger partial charge is 0.484 e. The van der Waals surface area contributed by atoms with E-state index in [0.29, 0.717) is 6.04 Å². The Morgan fingerprint density at radius 2 is 2.00 bits per heavy atom. The van der Waals surface area contributed by atoms with Crippen LogP contribution in [0.3, 0.4) is 0 Å². The molecule has 6 nitrogen and oxygen atoms in total. The molecule has 0 bridgehead atoms. The predicted molar refractivity (Wildman–Crippen MR) is 76.8 cm³/mol. The zero-order valence-electron chi connectivity index (χ0n) is 11.8. The van der Waals surface area contributed by atoms with Crippen molar-refractivity contribution in [2.45, 2.75) is 18.9 Å². The monoisotopic (exact) mass is 286 g/mol. The smallest absolute Gasteiger partial charge is 0.260 e. The molecule has 21 heavy (non-hydrogen) atoms. The Labute approximate surface area is 123 Å². The van der Waals surface area contributed by atoms with Crippen LogP contribution in [0.1, 0.15) is 18.9 Å². The molecule has 1 aromatic heterocycles. The van der Waals surface area contributed by atoms with Crippen molar-refractivity contribution in [2.75, 3.05) is 19.7 Å². The SMILES string of the molecule is O=C(COc1ccccc1)N1CCC(n2ccnn2)CC1. The first-order valence-electron chi connectivity index (χ1n) is 7.14. The molecule has 0 saturated carbocycles. The molecule has 1 amide bonds. The summed E-state index contributed by atoms with van der Waals surface area (Å²) in [6.45, 7) is 1.57. The Bertz CT molecular complexity index is 563. The van der Waals surface area contributed by atoms with Crippen LogP contribution in [0.4, 0.5) is 0 Å². The summed E-state index contributed by atoms with van der Waals surface area (Å²) >= 11 is 0. The van der Waals surface area contributed by atoms with Crippen molar-refractivity contribution >= 4 is 5.91 Å². The average Bonchev–Trinajstić information content (AvgIpc) is 3.08. The van der Waals surface area contributed by atoms with Crippen molar-refractivity contribution in [1.29, 1.82) is 0 Å². The van der Waals surface area contributed by atoms with Crippen LogP contribution in [-0.4, -0.2) is 45.5 Å². The number of para-hydroxylation sites is 1. The molecule has 0 aliphatic carbocycles. The first kappa shape index (κ1) is 13.6. The van der Waals surface area contributed by atoms with Gasteiger partial charge >= 0.3 is 0 Å². The lowest BCUT2D eigenvalue weighted by Crippen LogP contribution is -2.41. The number of piperidine rings is 1. The van der Waals surface area contributed by atoms with Crippen molar-refractivity contribution in [3.8, 4) is 5.75 Å². The van der Waals surface area contributed by atoms with E-state index in [0.717, 1.165) is 31.7 Å². The lowest BCUT2D eigenvalue weighted by molar-refractivity contribution is -0.134. The van der Waals surface area contributed by atoms with Gasteiger partial charge in [-0.05, 0) is 25.0 Å². The van der Waals surface area contributed by atoms with Crippen LogP contribution in [0.25, 0.3) is 0 Å². The average molecular weight is 286 g/mol. The van der Waals surface area contributed by atoms with Crippen LogP contribution >= 0.6 is 0 Å². The minimum Gasteiger partial charge on any atom is -0.484 e. The van der Waals surface area contributed by atoms with E-state index in [1.807, 2.05) is 46.1 Å². The summed E-state index contributed by atoms with van der Waals surface area (Å²) in [5.41, 5.74) is 0. The van der Waals surface area contributed by atoms with E-state index in [9.17, 15) is 4.79 Å². The highest BCUT2D eigenvalue weighted by Crippen LogP contribution is 2.21. The Kier molecular flexibility index (Phi) is 4.14. The van der Waals surface area contributed by atoms with Crippen LogP contribution in [0.15, 0.2) is 42.7 Å². The van der Waals surface area contributed by atoms with E-state index >= 15 is 0 Å². The maximum Gasteiger partial charge on any atom is 0.260 e. The number of carbonyl (C=O) groups is 1.